The minimum atomic E-state index is -0.800. The molecule has 198 valence electrons. The molecule has 0 heterocycles. The second-order valence-corrected chi connectivity index (χ2v) is 11.0. The molecule has 0 aromatic heterocycles. The predicted octanol–water partition coefficient (Wildman–Crippen LogP) is 5.52. The molecule has 1 aromatic carbocycles. The quantitative estimate of drug-likeness (QED) is 0.379. The number of nitrogens with zero attached hydrogens (tertiary/aromatic N) is 1. The molecule has 2 atom stereocenters. The Hall–Kier alpha value is -2.57. The van der Waals surface area contributed by atoms with Crippen LogP contribution in [0.1, 0.15) is 98.2 Å². The van der Waals surface area contributed by atoms with E-state index in [1.165, 1.54) is 0 Å². The minimum absolute atomic E-state index is 0.0752. The standard InChI is InChI=1S/C28H47N3O4/c1-10-11-12-16-31(24(25(32)29-20(4)5)22-15-13-14-21(6)18-22)26(33)23(17-19(2)3)30-27(34)35-28(7,8)9/h13-15,18-20,23-24H,10-12,16-17H2,1-9H3,(H,29,32)(H,30,34). The average molecular weight is 490 g/mol. The lowest BCUT2D eigenvalue weighted by atomic mass is 9.97. The molecule has 3 amide bonds. The first-order valence-corrected chi connectivity index (χ1v) is 12.9. The summed E-state index contributed by atoms with van der Waals surface area (Å²) >= 11 is 0. The molecular weight excluding hydrogens is 442 g/mol. The fourth-order valence-electron chi connectivity index (χ4n) is 3.92. The van der Waals surface area contributed by atoms with Crippen molar-refractivity contribution in [3.63, 3.8) is 0 Å². The van der Waals surface area contributed by atoms with Crippen molar-refractivity contribution in [2.45, 2.75) is 112 Å². The first-order chi connectivity index (χ1) is 16.2. The molecule has 0 radical (unpaired) electrons. The molecule has 7 nitrogen and oxygen atoms in total. The smallest absolute Gasteiger partial charge is 0.408 e. The van der Waals surface area contributed by atoms with E-state index in [9.17, 15) is 14.4 Å². The van der Waals surface area contributed by atoms with E-state index in [2.05, 4.69) is 17.6 Å². The van der Waals surface area contributed by atoms with Gasteiger partial charge in [0.15, 0.2) is 0 Å². The second kappa shape index (κ2) is 14.1. The van der Waals surface area contributed by atoms with Gasteiger partial charge in [0.1, 0.15) is 17.7 Å². The van der Waals surface area contributed by atoms with Gasteiger partial charge >= 0.3 is 6.09 Å². The van der Waals surface area contributed by atoms with E-state index < -0.39 is 23.8 Å². The molecule has 0 bridgehead atoms. The van der Waals surface area contributed by atoms with Gasteiger partial charge in [-0.2, -0.15) is 0 Å². The number of alkyl carbamates (subject to hydrolysis) is 1. The second-order valence-electron chi connectivity index (χ2n) is 11.0. The minimum Gasteiger partial charge on any atom is -0.444 e. The number of nitrogens with one attached hydrogen (secondary N) is 2. The summed E-state index contributed by atoms with van der Waals surface area (Å²) in [6.45, 7) is 17.6. The highest BCUT2D eigenvalue weighted by atomic mass is 16.6. The third-order valence-corrected chi connectivity index (χ3v) is 5.33. The van der Waals surface area contributed by atoms with Crippen LogP contribution >= 0.6 is 0 Å². The van der Waals surface area contributed by atoms with Gasteiger partial charge in [-0.3, -0.25) is 9.59 Å². The van der Waals surface area contributed by atoms with E-state index in [-0.39, 0.29) is 23.8 Å². The molecule has 1 aromatic rings. The molecule has 2 unspecified atom stereocenters. The fraction of sp³-hybridized carbons (Fsp3) is 0.679. The van der Waals surface area contributed by atoms with Crippen LogP contribution in [0.25, 0.3) is 0 Å². The van der Waals surface area contributed by atoms with Gasteiger partial charge in [0.2, 0.25) is 11.8 Å². The number of rotatable bonds is 12. The summed E-state index contributed by atoms with van der Waals surface area (Å²) in [6.07, 6.45) is 2.49. The molecule has 0 spiro atoms. The van der Waals surface area contributed by atoms with Gasteiger partial charge in [-0.15, -0.1) is 0 Å². The van der Waals surface area contributed by atoms with E-state index in [1.54, 1.807) is 25.7 Å². The molecule has 1 rings (SSSR count). The monoisotopic (exact) mass is 489 g/mol. The van der Waals surface area contributed by atoms with Crippen LogP contribution < -0.4 is 10.6 Å². The molecule has 0 saturated heterocycles. The van der Waals surface area contributed by atoms with Crippen LogP contribution in [0.3, 0.4) is 0 Å². The first kappa shape index (κ1) is 30.5. The Kier molecular flexibility index (Phi) is 12.3. The zero-order valence-corrected chi connectivity index (χ0v) is 23.2. The number of hydrogen-bond acceptors (Lipinski definition) is 4. The van der Waals surface area contributed by atoms with E-state index in [0.29, 0.717) is 13.0 Å². The van der Waals surface area contributed by atoms with Gasteiger partial charge in [-0.1, -0.05) is 63.4 Å². The molecule has 2 N–H and O–H groups in total. The fourth-order valence-corrected chi connectivity index (χ4v) is 3.92. The third-order valence-electron chi connectivity index (χ3n) is 5.33. The summed E-state index contributed by atoms with van der Waals surface area (Å²) in [7, 11) is 0. The maximum absolute atomic E-state index is 14.0. The summed E-state index contributed by atoms with van der Waals surface area (Å²) in [5.74, 6) is -0.347. The summed E-state index contributed by atoms with van der Waals surface area (Å²) in [6, 6.07) is 6.03. The summed E-state index contributed by atoms with van der Waals surface area (Å²) in [4.78, 5) is 41.8. The highest BCUT2D eigenvalue weighted by molar-refractivity contribution is 5.92. The van der Waals surface area contributed by atoms with E-state index >= 15 is 0 Å². The van der Waals surface area contributed by atoms with Crippen LogP contribution in [0.5, 0.6) is 0 Å². The SMILES string of the molecule is CCCCCN(C(=O)C(CC(C)C)NC(=O)OC(C)(C)C)C(C(=O)NC(C)C)c1cccc(C)c1. The number of aryl methyl sites for hydroxylation is 1. The lowest BCUT2D eigenvalue weighted by molar-refractivity contribution is -0.143. The Balaban J connectivity index is 3.46. The van der Waals surface area contributed by atoms with Gasteiger partial charge in [-0.25, -0.2) is 4.79 Å². The Labute approximate surface area is 212 Å². The summed E-state index contributed by atoms with van der Waals surface area (Å²) in [5, 5.41) is 5.78. The molecule has 0 aliphatic carbocycles. The molecular formula is C28H47N3O4. The van der Waals surface area contributed by atoms with Crippen LogP contribution in [-0.2, 0) is 14.3 Å². The highest BCUT2D eigenvalue weighted by Gasteiger charge is 2.36. The Morgan fingerprint density at radius 3 is 2.20 bits per heavy atom. The largest absolute Gasteiger partial charge is 0.444 e. The Morgan fingerprint density at radius 1 is 1.03 bits per heavy atom. The van der Waals surface area contributed by atoms with Crippen LogP contribution in [0.4, 0.5) is 4.79 Å². The number of carbonyl (C=O) groups is 3. The number of carbonyl (C=O) groups excluding carboxylic acids is 3. The highest BCUT2D eigenvalue weighted by Crippen LogP contribution is 2.25. The number of benzene rings is 1. The molecule has 0 aliphatic rings. The van der Waals surface area contributed by atoms with Crippen molar-refractivity contribution >= 4 is 17.9 Å². The molecule has 0 fully saturated rings. The van der Waals surface area contributed by atoms with Crippen LogP contribution in [0.15, 0.2) is 24.3 Å². The maximum Gasteiger partial charge on any atom is 0.408 e. The number of ether oxygens (including phenoxy) is 1. The lowest BCUT2D eigenvalue weighted by Crippen LogP contribution is -2.54. The normalized spacial score (nSPS) is 13.3. The Bertz CT molecular complexity index is 830. The maximum atomic E-state index is 14.0. The third kappa shape index (κ3) is 11.1. The molecule has 0 saturated carbocycles. The zero-order chi connectivity index (χ0) is 26.8. The van der Waals surface area contributed by atoms with Gasteiger partial charge in [-0.05, 0) is 65.9 Å². The van der Waals surface area contributed by atoms with Gasteiger partial charge in [0.25, 0.3) is 0 Å². The van der Waals surface area contributed by atoms with Crippen molar-refractivity contribution in [1.82, 2.24) is 15.5 Å². The van der Waals surface area contributed by atoms with Gasteiger partial charge in [0.05, 0.1) is 0 Å². The Morgan fingerprint density at radius 2 is 1.69 bits per heavy atom. The molecule has 7 heteroatoms. The predicted molar refractivity (Wildman–Crippen MR) is 141 cm³/mol. The van der Waals surface area contributed by atoms with Crippen LogP contribution in [0.2, 0.25) is 0 Å². The van der Waals surface area contributed by atoms with Crippen molar-refractivity contribution in [1.29, 1.82) is 0 Å². The average Bonchev–Trinajstić information content (AvgIpc) is 2.70. The van der Waals surface area contributed by atoms with Crippen molar-refractivity contribution < 1.29 is 19.1 Å². The van der Waals surface area contributed by atoms with Crippen molar-refractivity contribution in [3.05, 3.63) is 35.4 Å². The summed E-state index contributed by atoms with van der Waals surface area (Å²) in [5.41, 5.74) is 1.09. The lowest BCUT2D eigenvalue weighted by Gasteiger charge is -2.35. The van der Waals surface area contributed by atoms with Crippen LogP contribution in [0, 0.1) is 12.8 Å². The molecule has 0 aliphatic heterocycles. The first-order valence-electron chi connectivity index (χ1n) is 12.9. The van der Waals surface area contributed by atoms with Crippen molar-refractivity contribution in [2.24, 2.45) is 5.92 Å². The molecule has 35 heavy (non-hydrogen) atoms. The number of unbranched alkanes of at least 4 members (excludes halogenated alkanes) is 2. The van der Waals surface area contributed by atoms with E-state index in [0.717, 1.165) is 30.4 Å². The van der Waals surface area contributed by atoms with E-state index in [4.69, 9.17) is 4.74 Å². The zero-order valence-electron chi connectivity index (χ0n) is 23.2. The number of hydrogen-bond donors (Lipinski definition) is 2. The van der Waals surface area contributed by atoms with Gasteiger partial charge < -0.3 is 20.3 Å². The van der Waals surface area contributed by atoms with E-state index in [1.807, 2.05) is 58.9 Å². The topological polar surface area (TPSA) is 87.7 Å². The van der Waals surface area contributed by atoms with Crippen molar-refractivity contribution in [2.75, 3.05) is 6.54 Å². The van der Waals surface area contributed by atoms with Crippen molar-refractivity contribution in [3.8, 4) is 0 Å². The summed E-state index contributed by atoms with van der Waals surface area (Å²) < 4.78 is 5.44. The van der Waals surface area contributed by atoms with Gasteiger partial charge in [0, 0.05) is 12.6 Å². The number of amides is 3. The van der Waals surface area contributed by atoms with Crippen LogP contribution in [-0.4, -0.2) is 47.0 Å².